The van der Waals surface area contributed by atoms with Crippen molar-refractivity contribution in [2.24, 2.45) is 11.7 Å². The van der Waals surface area contributed by atoms with Crippen molar-refractivity contribution in [2.45, 2.75) is 25.8 Å². The maximum Gasteiger partial charge on any atom is 0.246 e. The molecule has 2 N–H and O–H groups in total. The second-order valence-corrected chi connectivity index (χ2v) is 6.27. The van der Waals surface area contributed by atoms with Gasteiger partial charge in [0, 0.05) is 17.6 Å². The average molecular weight is 311 g/mol. The van der Waals surface area contributed by atoms with Crippen LogP contribution in [0.3, 0.4) is 0 Å². The van der Waals surface area contributed by atoms with Gasteiger partial charge >= 0.3 is 0 Å². The summed E-state index contributed by atoms with van der Waals surface area (Å²) in [5.74, 6) is 0.601. The Bertz CT molecular complexity index is 442. The summed E-state index contributed by atoms with van der Waals surface area (Å²) in [6, 6.07) is 7.64. The van der Waals surface area contributed by atoms with Gasteiger partial charge in [-0.3, -0.25) is 4.79 Å². The van der Waals surface area contributed by atoms with Crippen molar-refractivity contribution in [3.8, 4) is 0 Å². The molecular weight excluding hydrogens is 292 g/mol. The molecule has 1 heterocycles. The zero-order valence-electron chi connectivity index (χ0n) is 10.8. The fraction of sp³-hybridized carbons (Fsp3) is 0.500. The van der Waals surface area contributed by atoms with Crippen molar-refractivity contribution in [1.29, 1.82) is 0 Å². The number of hydrogen-bond donors (Lipinski definition) is 1. The Balaban J connectivity index is 2.19. The molecule has 1 fully saturated rings. The lowest BCUT2D eigenvalue weighted by Crippen LogP contribution is -2.50. The van der Waals surface area contributed by atoms with Crippen LogP contribution in [0.25, 0.3) is 0 Å². The fourth-order valence-electron chi connectivity index (χ4n) is 2.37. The second kappa shape index (κ2) is 5.02. The molecule has 2 atom stereocenters. The predicted octanol–water partition coefficient (Wildman–Crippen LogP) is 2.49. The molecule has 0 aromatic heterocycles. The summed E-state index contributed by atoms with van der Waals surface area (Å²) in [5, 5.41) is 0. The third-order valence-corrected chi connectivity index (χ3v) is 4.13. The molecule has 0 bridgehead atoms. The number of likely N-dealkylation sites (tertiary alicyclic amines) is 1. The van der Waals surface area contributed by atoms with Gasteiger partial charge in [-0.25, -0.2) is 0 Å². The summed E-state index contributed by atoms with van der Waals surface area (Å²) < 4.78 is 0.990. The van der Waals surface area contributed by atoms with Crippen LogP contribution in [-0.2, 0) is 10.3 Å². The van der Waals surface area contributed by atoms with Gasteiger partial charge in [-0.1, -0.05) is 35.0 Å². The van der Waals surface area contributed by atoms with Crippen molar-refractivity contribution in [2.75, 3.05) is 13.1 Å². The van der Waals surface area contributed by atoms with E-state index >= 15 is 0 Å². The lowest BCUT2D eigenvalue weighted by atomic mass is 9.92. The van der Waals surface area contributed by atoms with Crippen molar-refractivity contribution >= 4 is 21.8 Å². The Morgan fingerprint density at radius 3 is 2.56 bits per heavy atom. The largest absolute Gasteiger partial charge is 0.341 e. The third-order valence-electron chi connectivity index (χ3n) is 3.60. The fourth-order valence-corrected chi connectivity index (χ4v) is 2.63. The van der Waals surface area contributed by atoms with Gasteiger partial charge in [0.1, 0.15) is 5.54 Å². The number of carbonyl (C=O) groups is 1. The Morgan fingerprint density at radius 2 is 2.06 bits per heavy atom. The van der Waals surface area contributed by atoms with Crippen LogP contribution in [0.1, 0.15) is 25.8 Å². The summed E-state index contributed by atoms with van der Waals surface area (Å²) in [6.07, 6.45) is 1.07. The van der Waals surface area contributed by atoms with Crippen LogP contribution in [0.4, 0.5) is 0 Å². The Hall–Kier alpha value is -0.870. The molecule has 0 radical (unpaired) electrons. The van der Waals surface area contributed by atoms with Crippen LogP contribution in [0.2, 0.25) is 0 Å². The molecule has 1 amide bonds. The number of nitrogens with zero attached hydrogens (tertiary/aromatic N) is 1. The van der Waals surface area contributed by atoms with E-state index in [1.54, 1.807) is 6.92 Å². The van der Waals surface area contributed by atoms with Gasteiger partial charge in [0.05, 0.1) is 0 Å². The molecule has 2 rings (SSSR count). The van der Waals surface area contributed by atoms with Gasteiger partial charge in [-0.15, -0.1) is 0 Å². The number of halogens is 1. The molecule has 1 aliphatic rings. The van der Waals surface area contributed by atoms with E-state index in [2.05, 4.69) is 22.9 Å². The standard InChI is InChI=1S/C14H19BrN2O/c1-10-7-8-17(9-10)13(18)14(2,16)11-3-5-12(15)6-4-11/h3-6,10H,7-9,16H2,1-2H3. The number of benzene rings is 1. The first kappa shape index (κ1) is 13.6. The monoisotopic (exact) mass is 310 g/mol. The number of carbonyl (C=O) groups excluding carboxylic acids is 1. The summed E-state index contributed by atoms with van der Waals surface area (Å²) in [7, 11) is 0. The van der Waals surface area contributed by atoms with E-state index in [4.69, 9.17) is 5.73 Å². The van der Waals surface area contributed by atoms with Gasteiger partial charge in [0.25, 0.3) is 0 Å². The number of rotatable bonds is 2. The molecule has 1 aliphatic heterocycles. The van der Waals surface area contributed by atoms with Crippen LogP contribution < -0.4 is 5.73 Å². The Labute approximate surface area is 116 Å². The van der Waals surface area contributed by atoms with Crippen molar-refractivity contribution in [1.82, 2.24) is 4.90 Å². The molecule has 0 aliphatic carbocycles. The zero-order valence-corrected chi connectivity index (χ0v) is 12.4. The molecule has 0 spiro atoms. The highest BCUT2D eigenvalue weighted by Crippen LogP contribution is 2.25. The normalized spacial score (nSPS) is 22.9. The maximum absolute atomic E-state index is 12.5. The van der Waals surface area contributed by atoms with Crippen LogP contribution in [0, 0.1) is 5.92 Å². The first-order chi connectivity index (χ1) is 8.41. The van der Waals surface area contributed by atoms with Crippen molar-refractivity contribution in [3.63, 3.8) is 0 Å². The number of nitrogens with two attached hydrogens (primary N) is 1. The van der Waals surface area contributed by atoms with Crippen LogP contribution in [-0.4, -0.2) is 23.9 Å². The highest BCUT2D eigenvalue weighted by Gasteiger charge is 2.36. The number of hydrogen-bond acceptors (Lipinski definition) is 2. The molecule has 2 unspecified atom stereocenters. The predicted molar refractivity (Wildman–Crippen MR) is 76.0 cm³/mol. The lowest BCUT2D eigenvalue weighted by molar-refractivity contribution is -0.135. The first-order valence-electron chi connectivity index (χ1n) is 6.25. The van der Waals surface area contributed by atoms with E-state index in [1.807, 2.05) is 29.2 Å². The lowest BCUT2D eigenvalue weighted by Gasteiger charge is -2.29. The molecule has 4 heteroatoms. The van der Waals surface area contributed by atoms with Gasteiger partial charge in [0.2, 0.25) is 5.91 Å². The topological polar surface area (TPSA) is 46.3 Å². The zero-order chi connectivity index (χ0) is 13.3. The quantitative estimate of drug-likeness (QED) is 0.912. The first-order valence-corrected chi connectivity index (χ1v) is 7.05. The Morgan fingerprint density at radius 1 is 1.44 bits per heavy atom. The van der Waals surface area contributed by atoms with Gasteiger partial charge in [-0.05, 0) is 37.0 Å². The SMILES string of the molecule is CC1CCN(C(=O)C(C)(N)c2ccc(Br)cc2)C1. The molecule has 98 valence electrons. The van der Waals surface area contributed by atoms with Crippen LogP contribution in [0.5, 0.6) is 0 Å². The second-order valence-electron chi connectivity index (χ2n) is 5.35. The van der Waals surface area contributed by atoms with Gasteiger partial charge in [0.15, 0.2) is 0 Å². The smallest absolute Gasteiger partial charge is 0.246 e. The van der Waals surface area contributed by atoms with E-state index in [9.17, 15) is 4.79 Å². The van der Waals surface area contributed by atoms with Crippen molar-refractivity contribution in [3.05, 3.63) is 34.3 Å². The Kier molecular flexibility index (Phi) is 3.78. The molecule has 3 nitrogen and oxygen atoms in total. The van der Waals surface area contributed by atoms with E-state index in [1.165, 1.54) is 0 Å². The number of amides is 1. The summed E-state index contributed by atoms with van der Waals surface area (Å²) in [5.41, 5.74) is 6.17. The summed E-state index contributed by atoms with van der Waals surface area (Å²) in [4.78, 5) is 14.4. The van der Waals surface area contributed by atoms with Crippen LogP contribution in [0.15, 0.2) is 28.7 Å². The van der Waals surface area contributed by atoms with Crippen molar-refractivity contribution < 1.29 is 4.79 Å². The minimum absolute atomic E-state index is 0.0224. The molecule has 18 heavy (non-hydrogen) atoms. The molecule has 1 aromatic carbocycles. The molecular formula is C14H19BrN2O. The van der Waals surface area contributed by atoms with Gasteiger partial charge in [-0.2, -0.15) is 0 Å². The van der Waals surface area contributed by atoms with Crippen LogP contribution >= 0.6 is 15.9 Å². The van der Waals surface area contributed by atoms with E-state index in [0.717, 1.165) is 29.5 Å². The minimum atomic E-state index is -0.940. The molecule has 1 saturated heterocycles. The highest BCUT2D eigenvalue weighted by atomic mass is 79.9. The maximum atomic E-state index is 12.5. The highest BCUT2D eigenvalue weighted by molar-refractivity contribution is 9.10. The molecule has 1 aromatic rings. The van der Waals surface area contributed by atoms with Gasteiger partial charge < -0.3 is 10.6 Å². The summed E-state index contributed by atoms with van der Waals surface area (Å²) >= 11 is 3.39. The third kappa shape index (κ3) is 2.59. The molecule has 0 saturated carbocycles. The summed E-state index contributed by atoms with van der Waals surface area (Å²) in [6.45, 7) is 5.60. The van der Waals surface area contributed by atoms with E-state index < -0.39 is 5.54 Å². The van der Waals surface area contributed by atoms with E-state index in [0.29, 0.717) is 5.92 Å². The van der Waals surface area contributed by atoms with E-state index in [-0.39, 0.29) is 5.91 Å². The average Bonchev–Trinajstić information content (AvgIpc) is 2.75. The minimum Gasteiger partial charge on any atom is -0.341 e.